The topological polar surface area (TPSA) is 49.4 Å². The lowest BCUT2D eigenvalue weighted by Crippen LogP contribution is -2.46. The van der Waals surface area contributed by atoms with Crippen LogP contribution in [0.4, 0.5) is 4.79 Å². The van der Waals surface area contributed by atoms with E-state index in [2.05, 4.69) is 11.9 Å². The van der Waals surface area contributed by atoms with Crippen molar-refractivity contribution in [2.24, 2.45) is 0 Å². The van der Waals surface area contributed by atoms with Gasteiger partial charge in [0.1, 0.15) is 0 Å². The van der Waals surface area contributed by atoms with E-state index in [0.29, 0.717) is 6.54 Å². The van der Waals surface area contributed by atoms with Crippen molar-refractivity contribution >= 4 is 23.5 Å². The Kier molecular flexibility index (Phi) is 6.79. The Labute approximate surface area is 95.3 Å². The van der Waals surface area contributed by atoms with Gasteiger partial charge in [0.05, 0.1) is 0 Å². The van der Waals surface area contributed by atoms with Gasteiger partial charge in [0, 0.05) is 24.9 Å². The third kappa shape index (κ3) is 5.42. The Morgan fingerprint density at radius 2 is 2.13 bits per heavy atom. The number of hydrogen-bond donors (Lipinski definition) is 1. The van der Waals surface area contributed by atoms with Crippen molar-refractivity contribution in [3.63, 3.8) is 0 Å². The fourth-order valence-electron chi connectivity index (χ4n) is 1.01. The molecule has 0 bridgehead atoms. The number of carbonyl (C=O) groups excluding carboxylic acids is 2. The van der Waals surface area contributed by atoms with Crippen molar-refractivity contribution in [3.05, 3.63) is 12.7 Å². The first kappa shape index (κ1) is 14.0. The summed E-state index contributed by atoms with van der Waals surface area (Å²) in [5.74, 6) is -0.146. The zero-order chi connectivity index (χ0) is 11.8. The van der Waals surface area contributed by atoms with Gasteiger partial charge in [0.15, 0.2) is 0 Å². The highest BCUT2D eigenvalue weighted by molar-refractivity contribution is 6.19. The van der Waals surface area contributed by atoms with E-state index in [1.54, 1.807) is 6.08 Å². The molecular weight excluding hydrogens is 216 g/mol. The molecule has 3 amide bonds. The van der Waals surface area contributed by atoms with Gasteiger partial charge in [-0.3, -0.25) is 10.1 Å². The van der Waals surface area contributed by atoms with Crippen molar-refractivity contribution in [2.45, 2.75) is 26.3 Å². The highest BCUT2D eigenvalue weighted by Crippen LogP contribution is 1.99. The fraction of sp³-hybridized carbons (Fsp3) is 0.600. The summed E-state index contributed by atoms with van der Waals surface area (Å²) in [5, 5.41) is 2.26. The second kappa shape index (κ2) is 7.29. The van der Waals surface area contributed by atoms with Crippen molar-refractivity contribution in [1.82, 2.24) is 10.2 Å². The minimum Gasteiger partial charge on any atom is -0.318 e. The summed E-state index contributed by atoms with van der Waals surface area (Å²) in [4.78, 5) is 24.2. The van der Waals surface area contributed by atoms with Crippen LogP contribution in [0, 0.1) is 0 Å². The molecule has 5 heteroatoms. The first-order chi connectivity index (χ1) is 7.02. The summed E-state index contributed by atoms with van der Waals surface area (Å²) in [5.41, 5.74) is 0. The van der Waals surface area contributed by atoms with Crippen LogP contribution in [0.1, 0.15) is 20.3 Å². The van der Waals surface area contributed by atoms with Gasteiger partial charge < -0.3 is 4.90 Å². The highest BCUT2D eigenvalue weighted by Gasteiger charge is 2.17. The quantitative estimate of drug-likeness (QED) is 0.580. The van der Waals surface area contributed by atoms with Gasteiger partial charge >= 0.3 is 6.03 Å². The van der Waals surface area contributed by atoms with Crippen LogP contribution in [0.5, 0.6) is 0 Å². The number of rotatable bonds is 5. The van der Waals surface area contributed by atoms with Gasteiger partial charge in [0.25, 0.3) is 0 Å². The Balaban J connectivity index is 4.25. The smallest absolute Gasteiger partial charge is 0.318 e. The van der Waals surface area contributed by atoms with Crippen molar-refractivity contribution in [2.75, 3.05) is 12.4 Å². The molecule has 0 saturated carbocycles. The van der Waals surface area contributed by atoms with Crippen molar-refractivity contribution in [1.29, 1.82) is 0 Å². The van der Waals surface area contributed by atoms with E-state index in [9.17, 15) is 9.59 Å². The number of carbonyl (C=O) groups is 2. The maximum absolute atomic E-state index is 11.6. The molecule has 0 aromatic heterocycles. The van der Waals surface area contributed by atoms with Crippen LogP contribution >= 0.6 is 11.6 Å². The standard InChI is InChI=1S/C10H17ClN2O2/c1-4-7-13(8(2)3)10(15)12-9(14)5-6-11/h4,8H,1,5-7H2,2-3H3,(H,12,14,15). The van der Waals surface area contributed by atoms with Crippen LogP contribution in [0.2, 0.25) is 0 Å². The summed E-state index contributed by atoms with van der Waals surface area (Å²) in [7, 11) is 0. The number of urea groups is 1. The molecular formula is C10H17ClN2O2. The number of nitrogens with one attached hydrogen (secondary N) is 1. The van der Waals surface area contributed by atoms with Gasteiger partial charge in [-0.1, -0.05) is 6.08 Å². The van der Waals surface area contributed by atoms with E-state index >= 15 is 0 Å². The Morgan fingerprint density at radius 3 is 2.53 bits per heavy atom. The lowest BCUT2D eigenvalue weighted by Gasteiger charge is -2.24. The molecule has 0 aliphatic carbocycles. The number of halogens is 1. The summed E-state index contributed by atoms with van der Waals surface area (Å²) in [6, 6.07) is -0.383. The Bertz CT molecular complexity index is 242. The molecule has 0 aromatic carbocycles. The molecule has 0 fully saturated rings. The first-order valence-electron chi connectivity index (χ1n) is 4.80. The molecule has 15 heavy (non-hydrogen) atoms. The van der Waals surface area contributed by atoms with Crippen LogP contribution in [0.25, 0.3) is 0 Å². The van der Waals surface area contributed by atoms with E-state index in [-0.39, 0.29) is 24.2 Å². The highest BCUT2D eigenvalue weighted by atomic mass is 35.5. The van der Waals surface area contributed by atoms with Crippen LogP contribution in [0.15, 0.2) is 12.7 Å². The van der Waals surface area contributed by atoms with Crippen molar-refractivity contribution in [3.8, 4) is 0 Å². The molecule has 0 radical (unpaired) electrons. The SMILES string of the molecule is C=CCN(C(=O)NC(=O)CCCl)C(C)C. The minimum absolute atomic E-state index is 0.0202. The molecule has 0 saturated heterocycles. The molecule has 0 heterocycles. The number of hydrogen-bond acceptors (Lipinski definition) is 2. The second-order valence-electron chi connectivity index (χ2n) is 3.33. The first-order valence-corrected chi connectivity index (χ1v) is 5.33. The zero-order valence-electron chi connectivity index (χ0n) is 9.12. The molecule has 1 N–H and O–H groups in total. The van der Waals surface area contributed by atoms with Crippen LogP contribution in [0.3, 0.4) is 0 Å². The molecule has 0 rings (SSSR count). The minimum atomic E-state index is -0.403. The van der Waals surface area contributed by atoms with E-state index in [4.69, 9.17) is 11.6 Å². The molecule has 4 nitrogen and oxygen atoms in total. The van der Waals surface area contributed by atoms with Crippen LogP contribution < -0.4 is 5.32 Å². The maximum Gasteiger partial charge on any atom is 0.324 e. The molecule has 0 aliphatic rings. The Morgan fingerprint density at radius 1 is 1.53 bits per heavy atom. The van der Waals surface area contributed by atoms with E-state index in [1.165, 1.54) is 4.90 Å². The molecule has 0 unspecified atom stereocenters. The average molecular weight is 233 g/mol. The van der Waals surface area contributed by atoms with E-state index in [1.807, 2.05) is 13.8 Å². The van der Waals surface area contributed by atoms with Gasteiger partial charge in [-0.25, -0.2) is 4.79 Å². The van der Waals surface area contributed by atoms with Gasteiger partial charge in [-0.05, 0) is 13.8 Å². The Hall–Kier alpha value is -1.03. The predicted molar refractivity (Wildman–Crippen MR) is 60.9 cm³/mol. The zero-order valence-corrected chi connectivity index (χ0v) is 9.88. The number of imide groups is 1. The molecule has 0 atom stereocenters. The molecule has 0 aromatic rings. The normalized spacial score (nSPS) is 9.87. The number of alkyl halides is 1. The number of nitrogens with zero attached hydrogens (tertiary/aromatic N) is 1. The summed E-state index contributed by atoms with van der Waals surface area (Å²) in [6.07, 6.45) is 1.76. The summed E-state index contributed by atoms with van der Waals surface area (Å²) in [6.45, 7) is 7.71. The summed E-state index contributed by atoms with van der Waals surface area (Å²) >= 11 is 5.38. The third-order valence-electron chi connectivity index (χ3n) is 1.78. The molecule has 86 valence electrons. The van der Waals surface area contributed by atoms with Gasteiger partial charge in [-0.2, -0.15) is 0 Å². The average Bonchev–Trinajstić information content (AvgIpc) is 2.13. The lowest BCUT2D eigenvalue weighted by atomic mass is 10.3. The van der Waals surface area contributed by atoms with Gasteiger partial charge in [-0.15, -0.1) is 18.2 Å². The monoisotopic (exact) mass is 232 g/mol. The number of amides is 3. The van der Waals surface area contributed by atoms with Gasteiger partial charge in [0.2, 0.25) is 5.91 Å². The van der Waals surface area contributed by atoms with E-state index < -0.39 is 6.03 Å². The largest absolute Gasteiger partial charge is 0.324 e. The van der Waals surface area contributed by atoms with E-state index in [0.717, 1.165) is 0 Å². The molecule has 0 aliphatic heterocycles. The van der Waals surface area contributed by atoms with Crippen LogP contribution in [-0.2, 0) is 4.79 Å². The molecule has 0 spiro atoms. The van der Waals surface area contributed by atoms with Crippen LogP contribution in [-0.4, -0.2) is 35.3 Å². The summed E-state index contributed by atoms with van der Waals surface area (Å²) < 4.78 is 0. The fourth-order valence-corrected chi connectivity index (χ4v) is 1.18. The van der Waals surface area contributed by atoms with Crippen molar-refractivity contribution < 1.29 is 9.59 Å². The maximum atomic E-state index is 11.6. The lowest BCUT2D eigenvalue weighted by molar-refractivity contribution is -0.119. The third-order valence-corrected chi connectivity index (χ3v) is 1.97. The predicted octanol–water partition coefficient (Wildman–Crippen LogP) is 1.75. The second-order valence-corrected chi connectivity index (χ2v) is 3.71.